The highest BCUT2D eigenvalue weighted by Crippen LogP contribution is 2.30. The van der Waals surface area contributed by atoms with Crippen LogP contribution in [-0.4, -0.2) is 7.11 Å². The third-order valence-corrected chi connectivity index (χ3v) is 3.93. The van der Waals surface area contributed by atoms with Gasteiger partial charge in [-0.05, 0) is 36.1 Å². The number of hydrazine groups is 1. The van der Waals surface area contributed by atoms with Crippen LogP contribution in [0.3, 0.4) is 0 Å². The van der Waals surface area contributed by atoms with Crippen LogP contribution in [0, 0.1) is 6.92 Å². The van der Waals surface area contributed by atoms with Crippen LogP contribution in [-0.2, 0) is 6.42 Å². The van der Waals surface area contributed by atoms with Gasteiger partial charge in [0.2, 0.25) is 0 Å². The highest BCUT2D eigenvalue weighted by Gasteiger charge is 2.16. The Kier molecular flexibility index (Phi) is 5.01. The lowest BCUT2D eigenvalue weighted by molar-refractivity contribution is 0.405. The van der Waals surface area contributed by atoms with Gasteiger partial charge in [-0.2, -0.15) is 0 Å². The second-order valence-corrected chi connectivity index (χ2v) is 5.09. The smallest absolute Gasteiger partial charge is 0.122 e. The number of ether oxygens (including phenoxy) is 1. The van der Waals surface area contributed by atoms with Crippen molar-refractivity contribution in [1.29, 1.82) is 0 Å². The summed E-state index contributed by atoms with van der Waals surface area (Å²) in [5.74, 6) is 6.57. The largest absolute Gasteiger partial charge is 0.496 e. The molecule has 1 unspecified atom stereocenters. The van der Waals surface area contributed by atoms with E-state index in [0.717, 1.165) is 27.5 Å². The molecule has 0 spiro atoms. The SMILES string of the molecule is COc1ccccc1CC(NN)c1cccc(C)c1Cl. The molecule has 1 atom stereocenters. The third-order valence-electron chi connectivity index (χ3n) is 3.41. The summed E-state index contributed by atoms with van der Waals surface area (Å²) in [6.07, 6.45) is 0.712. The molecule has 4 heteroatoms. The summed E-state index contributed by atoms with van der Waals surface area (Å²) >= 11 is 6.38. The zero-order valence-electron chi connectivity index (χ0n) is 11.7. The molecule has 0 aliphatic carbocycles. The molecule has 2 aromatic carbocycles. The number of methoxy groups -OCH3 is 1. The second kappa shape index (κ2) is 6.75. The highest BCUT2D eigenvalue weighted by atomic mass is 35.5. The standard InChI is InChI=1S/C16H19ClN2O/c1-11-6-5-8-13(16(11)17)14(19-18)10-12-7-3-4-9-15(12)20-2/h3-9,14,19H,10,18H2,1-2H3. The zero-order valence-corrected chi connectivity index (χ0v) is 12.4. The Hall–Kier alpha value is -1.55. The van der Waals surface area contributed by atoms with Crippen LogP contribution in [0.25, 0.3) is 0 Å². The van der Waals surface area contributed by atoms with Gasteiger partial charge in [-0.1, -0.05) is 48.0 Å². The predicted molar refractivity (Wildman–Crippen MR) is 83.0 cm³/mol. The van der Waals surface area contributed by atoms with E-state index in [-0.39, 0.29) is 6.04 Å². The maximum Gasteiger partial charge on any atom is 0.122 e. The Labute approximate surface area is 124 Å². The summed E-state index contributed by atoms with van der Waals surface area (Å²) in [5.41, 5.74) is 5.99. The molecule has 0 aliphatic rings. The van der Waals surface area contributed by atoms with Crippen molar-refractivity contribution < 1.29 is 4.74 Å². The van der Waals surface area contributed by atoms with Crippen molar-refractivity contribution in [3.05, 3.63) is 64.2 Å². The van der Waals surface area contributed by atoms with Gasteiger partial charge < -0.3 is 4.74 Å². The average molecular weight is 291 g/mol. The molecule has 0 bridgehead atoms. The van der Waals surface area contributed by atoms with E-state index in [2.05, 4.69) is 5.43 Å². The number of halogens is 1. The molecule has 106 valence electrons. The Morgan fingerprint density at radius 2 is 1.95 bits per heavy atom. The molecule has 0 saturated heterocycles. The molecule has 3 N–H and O–H groups in total. The Balaban J connectivity index is 2.31. The first-order valence-electron chi connectivity index (χ1n) is 6.50. The molecule has 0 heterocycles. The van der Waals surface area contributed by atoms with Gasteiger partial charge in [-0.25, -0.2) is 0 Å². The summed E-state index contributed by atoms with van der Waals surface area (Å²) < 4.78 is 5.38. The van der Waals surface area contributed by atoms with Gasteiger partial charge in [-0.3, -0.25) is 11.3 Å². The molecule has 2 aromatic rings. The molecule has 3 nitrogen and oxygen atoms in total. The lowest BCUT2D eigenvalue weighted by Crippen LogP contribution is -2.30. The van der Waals surface area contributed by atoms with E-state index < -0.39 is 0 Å². The molecule has 0 saturated carbocycles. The quantitative estimate of drug-likeness (QED) is 0.655. The Morgan fingerprint density at radius 3 is 2.65 bits per heavy atom. The monoisotopic (exact) mass is 290 g/mol. The number of nitrogens with one attached hydrogen (secondary N) is 1. The van der Waals surface area contributed by atoms with E-state index in [0.29, 0.717) is 6.42 Å². The normalized spacial score (nSPS) is 12.2. The topological polar surface area (TPSA) is 47.3 Å². The summed E-state index contributed by atoms with van der Waals surface area (Å²) in [7, 11) is 1.67. The van der Waals surface area contributed by atoms with E-state index in [9.17, 15) is 0 Å². The van der Waals surface area contributed by atoms with Crippen LogP contribution < -0.4 is 16.0 Å². The summed E-state index contributed by atoms with van der Waals surface area (Å²) in [6, 6.07) is 13.8. The number of hydrogen-bond acceptors (Lipinski definition) is 3. The van der Waals surface area contributed by atoms with Gasteiger partial charge in [-0.15, -0.1) is 0 Å². The number of rotatable bonds is 5. The third kappa shape index (κ3) is 3.12. The van der Waals surface area contributed by atoms with Crippen LogP contribution in [0.15, 0.2) is 42.5 Å². The van der Waals surface area contributed by atoms with E-state index in [4.69, 9.17) is 22.2 Å². The lowest BCUT2D eigenvalue weighted by Gasteiger charge is -2.20. The van der Waals surface area contributed by atoms with Gasteiger partial charge in [0.25, 0.3) is 0 Å². The minimum absolute atomic E-state index is 0.0568. The van der Waals surface area contributed by atoms with Crippen LogP contribution >= 0.6 is 11.6 Å². The Bertz CT molecular complexity index is 586. The molecule has 0 radical (unpaired) electrons. The Morgan fingerprint density at radius 1 is 1.20 bits per heavy atom. The van der Waals surface area contributed by atoms with Crippen molar-refractivity contribution in [3.63, 3.8) is 0 Å². The number of benzene rings is 2. The summed E-state index contributed by atoms with van der Waals surface area (Å²) in [6.45, 7) is 1.99. The minimum Gasteiger partial charge on any atom is -0.496 e. The predicted octanol–water partition coefficient (Wildman–Crippen LogP) is 3.40. The molecule has 0 aliphatic heterocycles. The molecule has 20 heavy (non-hydrogen) atoms. The van der Waals surface area contributed by atoms with Crippen LogP contribution in [0.1, 0.15) is 22.7 Å². The molecule has 2 rings (SSSR count). The van der Waals surface area contributed by atoms with E-state index in [1.807, 2.05) is 49.4 Å². The highest BCUT2D eigenvalue weighted by molar-refractivity contribution is 6.32. The number of nitrogens with two attached hydrogens (primary N) is 1. The zero-order chi connectivity index (χ0) is 14.5. The summed E-state index contributed by atoms with van der Waals surface area (Å²) in [5, 5.41) is 0.755. The van der Waals surface area contributed by atoms with Crippen LogP contribution in [0.4, 0.5) is 0 Å². The van der Waals surface area contributed by atoms with Crippen molar-refractivity contribution in [2.75, 3.05) is 7.11 Å². The minimum atomic E-state index is -0.0568. The van der Waals surface area contributed by atoms with E-state index in [1.165, 1.54) is 0 Å². The summed E-state index contributed by atoms with van der Waals surface area (Å²) in [4.78, 5) is 0. The van der Waals surface area contributed by atoms with Gasteiger partial charge >= 0.3 is 0 Å². The number of para-hydroxylation sites is 1. The van der Waals surface area contributed by atoms with Crippen molar-refractivity contribution in [2.24, 2.45) is 5.84 Å². The number of aryl methyl sites for hydroxylation is 1. The van der Waals surface area contributed by atoms with Gasteiger partial charge in [0, 0.05) is 5.02 Å². The average Bonchev–Trinajstić information content (AvgIpc) is 2.48. The molecule has 0 fully saturated rings. The van der Waals surface area contributed by atoms with Gasteiger partial charge in [0.15, 0.2) is 0 Å². The fraction of sp³-hybridized carbons (Fsp3) is 0.250. The molecular weight excluding hydrogens is 272 g/mol. The first-order valence-corrected chi connectivity index (χ1v) is 6.88. The van der Waals surface area contributed by atoms with Crippen molar-refractivity contribution in [1.82, 2.24) is 5.43 Å². The van der Waals surface area contributed by atoms with Crippen LogP contribution in [0.5, 0.6) is 5.75 Å². The molecular formula is C16H19ClN2O. The second-order valence-electron chi connectivity index (χ2n) is 4.71. The van der Waals surface area contributed by atoms with Crippen LogP contribution in [0.2, 0.25) is 5.02 Å². The molecule has 0 aromatic heterocycles. The van der Waals surface area contributed by atoms with Crippen molar-refractivity contribution in [2.45, 2.75) is 19.4 Å². The maximum atomic E-state index is 6.38. The fourth-order valence-electron chi connectivity index (χ4n) is 2.29. The number of hydrogen-bond donors (Lipinski definition) is 2. The van der Waals surface area contributed by atoms with Crippen molar-refractivity contribution >= 4 is 11.6 Å². The van der Waals surface area contributed by atoms with E-state index in [1.54, 1.807) is 7.11 Å². The first kappa shape index (κ1) is 14.9. The lowest BCUT2D eigenvalue weighted by atomic mass is 9.97. The van der Waals surface area contributed by atoms with Crippen molar-refractivity contribution in [3.8, 4) is 5.75 Å². The fourth-order valence-corrected chi connectivity index (χ4v) is 2.55. The van der Waals surface area contributed by atoms with Gasteiger partial charge in [0.05, 0.1) is 13.2 Å². The maximum absolute atomic E-state index is 6.38. The van der Waals surface area contributed by atoms with E-state index >= 15 is 0 Å². The molecule has 0 amide bonds. The van der Waals surface area contributed by atoms with Gasteiger partial charge in [0.1, 0.15) is 5.75 Å². The first-order chi connectivity index (χ1) is 9.67.